The molecule has 5 heteroatoms. The van der Waals surface area contributed by atoms with E-state index in [2.05, 4.69) is 10.3 Å². The molecule has 0 saturated carbocycles. The molecular formula is C17H22N2O3. The molecule has 0 spiro atoms. The molecule has 2 N–H and O–H groups in total. The van der Waals surface area contributed by atoms with Crippen molar-refractivity contribution in [2.45, 2.75) is 26.4 Å². The van der Waals surface area contributed by atoms with Gasteiger partial charge in [0, 0.05) is 11.9 Å². The van der Waals surface area contributed by atoms with E-state index < -0.39 is 5.60 Å². The molecule has 1 amide bonds. The van der Waals surface area contributed by atoms with Gasteiger partial charge in [-0.05, 0) is 30.4 Å². The van der Waals surface area contributed by atoms with Crippen molar-refractivity contribution in [3.05, 3.63) is 36.0 Å². The van der Waals surface area contributed by atoms with Gasteiger partial charge in [-0.2, -0.15) is 0 Å². The molecule has 0 radical (unpaired) electrons. The molecule has 0 bridgehead atoms. The van der Waals surface area contributed by atoms with Crippen molar-refractivity contribution in [2.75, 3.05) is 13.7 Å². The molecule has 0 aliphatic heterocycles. The van der Waals surface area contributed by atoms with Gasteiger partial charge in [-0.15, -0.1) is 0 Å². The zero-order chi connectivity index (χ0) is 16.3. The lowest BCUT2D eigenvalue weighted by molar-refractivity contribution is 0.0142. The summed E-state index contributed by atoms with van der Waals surface area (Å²) in [5, 5.41) is 14.7. The molecule has 0 fully saturated rings. The molecule has 1 heterocycles. The van der Waals surface area contributed by atoms with Crippen LogP contribution in [0, 0.1) is 5.92 Å². The lowest BCUT2D eigenvalue weighted by Crippen LogP contribution is -2.44. The van der Waals surface area contributed by atoms with Crippen LogP contribution >= 0.6 is 0 Å². The third-order valence-electron chi connectivity index (χ3n) is 3.98. The zero-order valence-corrected chi connectivity index (χ0v) is 13.4. The number of nitrogens with one attached hydrogen (secondary N) is 1. The van der Waals surface area contributed by atoms with Crippen LogP contribution in [0.4, 0.5) is 0 Å². The number of aromatic nitrogens is 1. The van der Waals surface area contributed by atoms with Crippen molar-refractivity contribution in [2.24, 2.45) is 5.92 Å². The first kappa shape index (κ1) is 16.2. The van der Waals surface area contributed by atoms with Crippen molar-refractivity contribution < 1.29 is 14.6 Å². The van der Waals surface area contributed by atoms with Crippen molar-refractivity contribution in [1.29, 1.82) is 0 Å². The van der Waals surface area contributed by atoms with E-state index in [1.165, 1.54) is 7.11 Å². The number of hydrogen-bond donors (Lipinski definition) is 2. The zero-order valence-electron chi connectivity index (χ0n) is 13.4. The Hall–Kier alpha value is -2.14. The number of ether oxygens (including phenoxy) is 1. The maximum absolute atomic E-state index is 12.3. The summed E-state index contributed by atoms with van der Waals surface area (Å²) >= 11 is 0. The van der Waals surface area contributed by atoms with Gasteiger partial charge in [-0.25, -0.2) is 4.98 Å². The van der Waals surface area contributed by atoms with Crippen molar-refractivity contribution in [3.63, 3.8) is 0 Å². The van der Waals surface area contributed by atoms with E-state index >= 15 is 0 Å². The minimum absolute atomic E-state index is 0.0342. The molecule has 118 valence electrons. The standard InChI is InChI=1S/C17H22N2O3/c1-11(2)17(3,21)10-18-15(20)14-9-12-7-5-6-8-13(12)16(19-14)22-4/h5-9,11,21H,10H2,1-4H3,(H,18,20). The van der Waals surface area contributed by atoms with Crippen molar-refractivity contribution in [3.8, 4) is 5.88 Å². The fraction of sp³-hybridized carbons (Fsp3) is 0.412. The van der Waals surface area contributed by atoms with Gasteiger partial charge in [0.25, 0.3) is 5.91 Å². The van der Waals surface area contributed by atoms with E-state index in [1.807, 2.05) is 38.1 Å². The van der Waals surface area contributed by atoms with E-state index in [0.717, 1.165) is 10.8 Å². The Morgan fingerprint density at radius 2 is 2.09 bits per heavy atom. The maximum atomic E-state index is 12.3. The van der Waals surface area contributed by atoms with Gasteiger partial charge in [0.2, 0.25) is 5.88 Å². The Kier molecular flexibility index (Phi) is 4.66. The number of hydrogen-bond acceptors (Lipinski definition) is 4. The Balaban J connectivity index is 2.25. The Bertz CT molecular complexity index is 681. The van der Waals surface area contributed by atoms with Crippen LogP contribution in [0.3, 0.4) is 0 Å². The van der Waals surface area contributed by atoms with Crippen LogP contribution in [0.1, 0.15) is 31.3 Å². The summed E-state index contributed by atoms with van der Waals surface area (Å²) in [5.41, 5.74) is -0.688. The summed E-state index contributed by atoms with van der Waals surface area (Å²) in [6, 6.07) is 9.31. The molecule has 0 aliphatic carbocycles. The number of aliphatic hydroxyl groups is 1. The van der Waals surface area contributed by atoms with Gasteiger partial charge in [-0.1, -0.05) is 32.0 Å². The highest BCUT2D eigenvalue weighted by molar-refractivity contribution is 5.98. The fourth-order valence-corrected chi connectivity index (χ4v) is 1.99. The van der Waals surface area contributed by atoms with Crippen molar-refractivity contribution >= 4 is 16.7 Å². The van der Waals surface area contributed by atoms with Crippen LogP contribution in [0.15, 0.2) is 30.3 Å². The normalized spacial score (nSPS) is 13.9. The largest absolute Gasteiger partial charge is 0.481 e. The molecule has 1 aromatic carbocycles. The lowest BCUT2D eigenvalue weighted by Gasteiger charge is -2.27. The summed E-state index contributed by atoms with van der Waals surface area (Å²) in [5.74, 6) is 0.121. The second-order valence-corrected chi connectivity index (χ2v) is 5.93. The van der Waals surface area contributed by atoms with Crippen LogP contribution in [0.2, 0.25) is 0 Å². The molecular weight excluding hydrogens is 280 g/mol. The van der Waals surface area contributed by atoms with Crippen LogP contribution in [-0.2, 0) is 0 Å². The lowest BCUT2D eigenvalue weighted by atomic mass is 9.92. The number of fused-ring (bicyclic) bond motifs is 1. The monoisotopic (exact) mass is 302 g/mol. The first-order valence-corrected chi connectivity index (χ1v) is 7.29. The Morgan fingerprint density at radius 1 is 1.41 bits per heavy atom. The fourth-order valence-electron chi connectivity index (χ4n) is 1.99. The number of carbonyl (C=O) groups is 1. The number of rotatable bonds is 5. The summed E-state index contributed by atoms with van der Waals surface area (Å²) in [7, 11) is 1.53. The Labute approximate surface area is 130 Å². The molecule has 2 rings (SSSR count). The minimum Gasteiger partial charge on any atom is -0.481 e. The highest BCUT2D eigenvalue weighted by Gasteiger charge is 2.26. The first-order valence-electron chi connectivity index (χ1n) is 7.29. The summed E-state index contributed by atoms with van der Waals surface area (Å²) in [4.78, 5) is 16.5. The molecule has 2 aromatic rings. The van der Waals surface area contributed by atoms with Gasteiger partial charge >= 0.3 is 0 Å². The molecule has 0 saturated heterocycles. The van der Waals surface area contributed by atoms with E-state index in [-0.39, 0.29) is 24.1 Å². The predicted octanol–water partition coefficient (Wildman–Crippen LogP) is 2.38. The van der Waals surface area contributed by atoms with Crippen LogP contribution in [0.25, 0.3) is 10.8 Å². The van der Waals surface area contributed by atoms with Crippen LogP contribution in [0.5, 0.6) is 5.88 Å². The van der Waals surface area contributed by atoms with Gasteiger partial charge in [0.05, 0.1) is 12.7 Å². The number of nitrogens with zero attached hydrogens (tertiary/aromatic N) is 1. The SMILES string of the molecule is COc1nc(C(=O)NCC(C)(O)C(C)C)cc2ccccc12. The second kappa shape index (κ2) is 6.32. The highest BCUT2D eigenvalue weighted by atomic mass is 16.5. The topological polar surface area (TPSA) is 71.5 Å². The third kappa shape index (κ3) is 3.36. The predicted molar refractivity (Wildman–Crippen MR) is 86.1 cm³/mol. The molecule has 22 heavy (non-hydrogen) atoms. The quantitative estimate of drug-likeness (QED) is 0.889. The number of amides is 1. The average Bonchev–Trinajstić information content (AvgIpc) is 2.51. The summed E-state index contributed by atoms with van der Waals surface area (Å²) in [6.07, 6.45) is 0. The van der Waals surface area contributed by atoms with Gasteiger partial charge in [0.15, 0.2) is 0 Å². The molecule has 1 atom stereocenters. The average molecular weight is 302 g/mol. The van der Waals surface area contributed by atoms with E-state index in [1.54, 1.807) is 13.0 Å². The van der Waals surface area contributed by atoms with Gasteiger partial charge < -0.3 is 15.2 Å². The highest BCUT2D eigenvalue weighted by Crippen LogP contribution is 2.24. The van der Waals surface area contributed by atoms with Crippen LogP contribution in [-0.4, -0.2) is 35.3 Å². The molecule has 1 unspecified atom stereocenters. The molecule has 5 nitrogen and oxygen atoms in total. The molecule has 0 aliphatic rings. The van der Waals surface area contributed by atoms with E-state index in [9.17, 15) is 9.90 Å². The second-order valence-electron chi connectivity index (χ2n) is 5.93. The summed E-state index contributed by atoms with van der Waals surface area (Å²) < 4.78 is 5.26. The number of carbonyl (C=O) groups excluding carboxylic acids is 1. The van der Waals surface area contributed by atoms with E-state index in [0.29, 0.717) is 5.88 Å². The minimum atomic E-state index is -0.962. The van der Waals surface area contributed by atoms with Gasteiger partial charge in [-0.3, -0.25) is 4.79 Å². The van der Waals surface area contributed by atoms with E-state index in [4.69, 9.17) is 4.74 Å². The van der Waals surface area contributed by atoms with Crippen molar-refractivity contribution in [1.82, 2.24) is 10.3 Å². The molecule has 1 aromatic heterocycles. The summed E-state index contributed by atoms with van der Waals surface area (Å²) in [6.45, 7) is 5.68. The van der Waals surface area contributed by atoms with Crippen LogP contribution < -0.4 is 10.1 Å². The Morgan fingerprint density at radius 3 is 2.73 bits per heavy atom. The number of pyridine rings is 1. The third-order valence-corrected chi connectivity index (χ3v) is 3.98. The smallest absolute Gasteiger partial charge is 0.270 e. The van der Waals surface area contributed by atoms with Gasteiger partial charge in [0.1, 0.15) is 5.69 Å². The first-order chi connectivity index (χ1) is 10.3. The maximum Gasteiger partial charge on any atom is 0.270 e. The number of benzene rings is 1. The number of methoxy groups -OCH3 is 1.